The van der Waals surface area contributed by atoms with E-state index in [1.165, 1.54) is 128 Å². The van der Waals surface area contributed by atoms with Gasteiger partial charge in [-0.3, -0.25) is 9.59 Å². The highest BCUT2D eigenvalue weighted by Crippen LogP contribution is 2.18. The molecule has 54 heavy (non-hydrogen) atoms. The number of esters is 1. The van der Waals surface area contributed by atoms with E-state index < -0.39 is 5.97 Å². The van der Waals surface area contributed by atoms with Crippen LogP contribution in [0.25, 0.3) is 0 Å². The minimum absolute atomic E-state index is 0.0467. The zero-order valence-electron chi connectivity index (χ0n) is 35.8. The Morgan fingerprint density at radius 1 is 0.481 bits per heavy atom. The van der Waals surface area contributed by atoms with Crippen molar-refractivity contribution in [1.29, 1.82) is 0 Å². The molecule has 0 bridgehead atoms. The van der Waals surface area contributed by atoms with Crippen molar-refractivity contribution in [2.45, 2.75) is 219 Å². The largest absolute Gasteiger partial charge is 0.481 e. The number of carboxylic acids is 1. The fourth-order valence-electron chi connectivity index (χ4n) is 6.24. The number of carboxylic acid groups (broad SMARTS) is 1. The molecule has 0 spiro atoms. The Morgan fingerprint density at radius 2 is 0.852 bits per heavy atom. The average molecular weight is 759 g/mol. The van der Waals surface area contributed by atoms with Gasteiger partial charge in [0.2, 0.25) is 0 Å². The number of ether oxygens (including phenoxy) is 1. The molecule has 0 rings (SSSR count). The second-order valence-corrected chi connectivity index (χ2v) is 15.1. The van der Waals surface area contributed by atoms with Crippen LogP contribution in [-0.2, 0) is 14.3 Å². The van der Waals surface area contributed by atoms with Gasteiger partial charge >= 0.3 is 11.9 Å². The SMILES string of the molecule is CCCCC/C=C\C/C=C\CCCCCCCCC(CCCCN)C(=O)O.CCCCC/C=C\CC=CCCCCCCCCOC(=O)CCCCCN. The van der Waals surface area contributed by atoms with E-state index in [0.717, 1.165) is 70.6 Å². The molecule has 1 unspecified atom stereocenters. The van der Waals surface area contributed by atoms with Gasteiger partial charge in [0.05, 0.1) is 12.5 Å². The second-order valence-electron chi connectivity index (χ2n) is 15.1. The molecule has 0 aliphatic rings. The molecule has 1 atom stereocenters. The van der Waals surface area contributed by atoms with Gasteiger partial charge in [-0.25, -0.2) is 0 Å². The van der Waals surface area contributed by atoms with Gasteiger partial charge in [-0.1, -0.05) is 159 Å². The minimum atomic E-state index is -0.630. The van der Waals surface area contributed by atoms with Gasteiger partial charge in [-0.15, -0.1) is 0 Å². The Hall–Kier alpha value is -2.18. The summed E-state index contributed by atoms with van der Waals surface area (Å²) in [6.07, 6.45) is 54.9. The number of aliphatic carboxylic acids is 1. The lowest BCUT2D eigenvalue weighted by Gasteiger charge is -2.11. The summed E-state index contributed by atoms with van der Waals surface area (Å²) in [7, 11) is 0. The van der Waals surface area contributed by atoms with Crippen molar-refractivity contribution in [3.8, 4) is 0 Å². The fraction of sp³-hybridized carbons (Fsp3) is 0.792. The molecule has 0 radical (unpaired) electrons. The summed E-state index contributed by atoms with van der Waals surface area (Å²) in [6.45, 7) is 6.45. The molecule has 0 aliphatic carbocycles. The molecule has 0 aromatic carbocycles. The predicted molar refractivity (Wildman–Crippen MR) is 236 cm³/mol. The van der Waals surface area contributed by atoms with Crippen LogP contribution in [0.2, 0.25) is 0 Å². The third-order valence-electron chi connectivity index (χ3n) is 9.80. The minimum Gasteiger partial charge on any atom is -0.481 e. The molecule has 0 saturated heterocycles. The second kappa shape index (κ2) is 48.8. The van der Waals surface area contributed by atoms with E-state index in [9.17, 15) is 14.7 Å². The number of hydrogen-bond acceptors (Lipinski definition) is 5. The number of nitrogens with two attached hydrogens (primary N) is 2. The maximum Gasteiger partial charge on any atom is 0.306 e. The molecule has 0 fully saturated rings. The van der Waals surface area contributed by atoms with E-state index >= 15 is 0 Å². The molecule has 316 valence electrons. The highest BCUT2D eigenvalue weighted by molar-refractivity contribution is 5.70. The monoisotopic (exact) mass is 759 g/mol. The summed E-state index contributed by atoms with van der Waals surface area (Å²) in [4.78, 5) is 22.7. The van der Waals surface area contributed by atoms with Crippen LogP contribution in [0.4, 0.5) is 0 Å². The number of allylic oxidation sites excluding steroid dienone is 8. The highest BCUT2D eigenvalue weighted by atomic mass is 16.5. The zero-order valence-corrected chi connectivity index (χ0v) is 35.8. The Balaban J connectivity index is 0. The van der Waals surface area contributed by atoms with Gasteiger partial charge in [0.15, 0.2) is 0 Å². The van der Waals surface area contributed by atoms with Crippen molar-refractivity contribution >= 4 is 11.9 Å². The summed E-state index contributed by atoms with van der Waals surface area (Å²) < 4.78 is 5.26. The lowest BCUT2D eigenvalue weighted by atomic mass is 9.95. The van der Waals surface area contributed by atoms with Crippen molar-refractivity contribution in [2.24, 2.45) is 17.4 Å². The van der Waals surface area contributed by atoms with Gasteiger partial charge in [0.1, 0.15) is 0 Å². The number of rotatable bonds is 40. The first kappa shape index (κ1) is 53.9. The smallest absolute Gasteiger partial charge is 0.306 e. The molecule has 0 saturated carbocycles. The Kier molecular flexibility index (Phi) is 48.8. The molecule has 0 aromatic rings. The van der Waals surface area contributed by atoms with E-state index in [4.69, 9.17) is 16.2 Å². The Morgan fingerprint density at radius 3 is 1.30 bits per heavy atom. The van der Waals surface area contributed by atoms with Crippen molar-refractivity contribution < 1.29 is 19.4 Å². The molecule has 0 heterocycles. The van der Waals surface area contributed by atoms with Crippen molar-refractivity contribution in [1.82, 2.24) is 0 Å². The molecule has 5 N–H and O–H groups in total. The summed E-state index contributed by atoms with van der Waals surface area (Å²) in [6, 6.07) is 0. The number of carbonyl (C=O) groups is 2. The first-order chi connectivity index (χ1) is 26.5. The van der Waals surface area contributed by atoms with Crippen LogP contribution >= 0.6 is 0 Å². The summed E-state index contributed by atoms with van der Waals surface area (Å²) >= 11 is 0. The summed E-state index contributed by atoms with van der Waals surface area (Å²) in [5, 5.41) is 9.26. The normalized spacial score (nSPS) is 12.3. The van der Waals surface area contributed by atoms with Crippen LogP contribution in [-0.4, -0.2) is 36.7 Å². The van der Waals surface area contributed by atoms with Gasteiger partial charge in [-0.05, 0) is 116 Å². The first-order valence-electron chi connectivity index (χ1n) is 22.9. The van der Waals surface area contributed by atoms with Crippen LogP contribution in [0.1, 0.15) is 219 Å². The number of carbonyl (C=O) groups excluding carboxylic acids is 1. The fourth-order valence-corrected chi connectivity index (χ4v) is 6.24. The van der Waals surface area contributed by atoms with Crippen molar-refractivity contribution in [2.75, 3.05) is 19.7 Å². The Labute approximate surface area is 335 Å². The van der Waals surface area contributed by atoms with Gasteiger partial charge in [-0.2, -0.15) is 0 Å². The third kappa shape index (κ3) is 47.8. The van der Waals surface area contributed by atoms with Crippen LogP contribution in [0.5, 0.6) is 0 Å². The topological polar surface area (TPSA) is 116 Å². The van der Waals surface area contributed by atoms with Crippen LogP contribution in [0.3, 0.4) is 0 Å². The molecule has 0 amide bonds. The molecular weight excluding hydrogens is 669 g/mol. The van der Waals surface area contributed by atoms with E-state index in [-0.39, 0.29) is 11.9 Å². The lowest BCUT2D eigenvalue weighted by molar-refractivity contribution is -0.144. The van der Waals surface area contributed by atoms with E-state index in [1.54, 1.807) is 0 Å². The van der Waals surface area contributed by atoms with Gasteiger partial charge in [0, 0.05) is 6.42 Å². The van der Waals surface area contributed by atoms with E-state index in [0.29, 0.717) is 26.1 Å². The molecule has 6 nitrogen and oxygen atoms in total. The standard InChI is InChI=1S/2C24H45NO2/c1-2-3-4-5-6-7-8-9-10-11-12-13-14-15-16-20-23-27-24(26)21-18-17-19-22-25;1-2-3-4-5-6-7-8-9-10-11-12-13-14-15-16-17-20-23(24(26)27)21-18-19-22-25/h6-7,9-10H,2-5,8,11-23,25H2,1H3;6-7,9-10,23H,2-5,8,11-22,25H2,1H3,(H,26,27)/b7-6-,10-9?;7-6-,10-9-. The predicted octanol–water partition coefficient (Wildman–Crippen LogP) is 13.9. The average Bonchev–Trinajstić information content (AvgIpc) is 3.17. The van der Waals surface area contributed by atoms with Crippen molar-refractivity contribution in [3.63, 3.8) is 0 Å². The van der Waals surface area contributed by atoms with Gasteiger partial charge < -0.3 is 21.3 Å². The zero-order chi connectivity index (χ0) is 39.8. The number of hydrogen-bond donors (Lipinski definition) is 3. The Bertz CT molecular complexity index is 880. The highest BCUT2D eigenvalue weighted by Gasteiger charge is 2.16. The lowest BCUT2D eigenvalue weighted by Crippen LogP contribution is -2.14. The maximum absolute atomic E-state index is 11.5. The summed E-state index contributed by atoms with van der Waals surface area (Å²) in [5.74, 6) is -0.841. The summed E-state index contributed by atoms with van der Waals surface area (Å²) in [5.41, 5.74) is 10.9. The molecule has 0 aliphatic heterocycles. The van der Waals surface area contributed by atoms with Crippen LogP contribution in [0, 0.1) is 5.92 Å². The quantitative estimate of drug-likeness (QED) is 0.0325. The van der Waals surface area contributed by atoms with Gasteiger partial charge in [0.25, 0.3) is 0 Å². The van der Waals surface area contributed by atoms with E-state index in [2.05, 4.69) is 62.5 Å². The first-order valence-corrected chi connectivity index (χ1v) is 22.9. The van der Waals surface area contributed by atoms with Crippen LogP contribution < -0.4 is 11.5 Å². The van der Waals surface area contributed by atoms with E-state index in [1.807, 2.05) is 0 Å². The molecule has 6 heteroatoms. The van der Waals surface area contributed by atoms with Crippen LogP contribution in [0.15, 0.2) is 48.6 Å². The maximum atomic E-state index is 11.5. The third-order valence-corrected chi connectivity index (χ3v) is 9.80. The molecule has 0 aromatic heterocycles. The van der Waals surface area contributed by atoms with Crippen molar-refractivity contribution in [3.05, 3.63) is 48.6 Å². The number of unbranched alkanes of at least 4 members (excludes halogenated alkanes) is 21. The molecular formula is C48H90N2O4.